The fourth-order valence-corrected chi connectivity index (χ4v) is 2.06. The van der Waals surface area contributed by atoms with Gasteiger partial charge in [0.05, 0.1) is 0 Å². The molecule has 1 aromatic carbocycles. The monoisotopic (exact) mass is 258 g/mol. The third kappa shape index (κ3) is 4.14. The summed E-state index contributed by atoms with van der Waals surface area (Å²) in [5.74, 6) is 5.53. The minimum atomic E-state index is 0.0490. The van der Waals surface area contributed by atoms with E-state index in [0.717, 1.165) is 24.0 Å². The highest BCUT2D eigenvalue weighted by Gasteiger charge is 2.10. The Morgan fingerprint density at radius 1 is 1.38 bits per heavy atom. The van der Waals surface area contributed by atoms with Crippen LogP contribution < -0.4 is 11.3 Å². The average Bonchev–Trinajstić information content (AvgIpc) is 2.16. The van der Waals surface area contributed by atoms with Crippen LogP contribution in [0.15, 0.2) is 30.4 Å². The van der Waals surface area contributed by atoms with Crippen LogP contribution in [-0.2, 0) is 0 Å². The van der Waals surface area contributed by atoms with Crippen molar-refractivity contribution in [2.75, 3.05) is 0 Å². The molecular weight excluding hydrogens is 243 g/mol. The molecule has 3 N–H and O–H groups in total. The first-order valence-electron chi connectivity index (χ1n) is 5.09. The molecule has 0 saturated heterocycles. The van der Waals surface area contributed by atoms with Crippen LogP contribution in [0.25, 0.3) is 0 Å². The zero-order valence-electron chi connectivity index (χ0n) is 9.26. The lowest BCUT2D eigenvalue weighted by Crippen LogP contribution is -2.28. The number of nitrogens with one attached hydrogen (secondary N) is 1. The van der Waals surface area contributed by atoms with Crippen molar-refractivity contribution in [2.24, 2.45) is 5.84 Å². The zero-order valence-corrected chi connectivity index (χ0v) is 10.8. The molecule has 0 radical (unpaired) electrons. The molecule has 0 heterocycles. The summed E-state index contributed by atoms with van der Waals surface area (Å²) in [6.45, 7) is 5.87. The maximum Gasteiger partial charge on any atom is 0.0464 e. The number of hydrazine groups is 1. The van der Waals surface area contributed by atoms with E-state index in [-0.39, 0.29) is 6.04 Å². The van der Waals surface area contributed by atoms with Crippen molar-refractivity contribution in [1.82, 2.24) is 5.43 Å². The molecule has 0 fully saturated rings. The summed E-state index contributed by atoms with van der Waals surface area (Å²) in [4.78, 5) is 0. The summed E-state index contributed by atoms with van der Waals surface area (Å²) in [7, 11) is 0. The van der Waals surface area contributed by atoms with Crippen LogP contribution in [-0.4, -0.2) is 0 Å². The van der Waals surface area contributed by atoms with Crippen molar-refractivity contribution in [3.8, 4) is 0 Å². The highest BCUT2D eigenvalue weighted by Crippen LogP contribution is 2.26. The quantitative estimate of drug-likeness (QED) is 0.478. The molecule has 1 aromatic rings. The highest BCUT2D eigenvalue weighted by molar-refractivity contribution is 6.34. The number of hydrogen-bond donors (Lipinski definition) is 2. The van der Waals surface area contributed by atoms with Gasteiger partial charge in [-0.25, -0.2) is 0 Å². The van der Waals surface area contributed by atoms with E-state index in [0.29, 0.717) is 10.0 Å². The van der Waals surface area contributed by atoms with E-state index in [2.05, 4.69) is 12.0 Å². The molecule has 16 heavy (non-hydrogen) atoms. The minimum Gasteiger partial charge on any atom is -0.271 e. The van der Waals surface area contributed by atoms with Crippen LogP contribution in [0.4, 0.5) is 0 Å². The second-order valence-corrected chi connectivity index (χ2v) is 4.79. The largest absolute Gasteiger partial charge is 0.271 e. The Morgan fingerprint density at radius 3 is 2.38 bits per heavy atom. The van der Waals surface area contributed by atoms with E-state index in [1.165, 1.54) is 0 Å². The predicted molar refractivity (Wildman–Crippen MR) is 70.6 cm³/mol. The summed E-state index contributed by atoms with van der Waals surface area (Å²) in [6.07, 6.45) is 1.79. The molecule has 0 aromatic heterocycles. The predicted octanol–water partition coefficient (Wildman–Crippen LogP) is 3.85. The van der Waals surface area contributed by atoms with Crippen LogP contribution in [0.1, 0.15) is 31.4 Å². The van der Waals surface area contributed by atoms with Crippen molar-refractivity contribution in [3.05, 3.63) is 46.0 Å². The Morgan fingerprint density at radius 2 is 1.94 bits per heavy atom. The molecule has 4 heteroatoms. The number of nitrogens with two attached hydrogens (primary N) is 1. The molecule has 88 valence electrons. The van der Waals surface area contributed by atoms with Gasteiger partial charge in [0.25, 0.3) is 0 Å². The molecule has 1 rings (SSSR count). The summed E-state index contributed by atoms with van der Waals surface area (Å²) < 4.78 is 0. The van der Waals surface area contributed by atoms with Crippen molar-refractivity contribution < 1.29 is 0 Å². The summed E-state index contributed by atoms with van der Waals surface area (Å²) in [5, 5.41) is 1.25. The molecule has 2 nitrogen and oxygen atoms in total. The molecule has 0 aliphatic rings. The molecule has 0 aliphatic carbocycles. The number of rotatable bonds is 5. The maximum atomic E-state index is 5.94. The number of hydrogen-bond acceptors (Lipinski definition) is 2. The second kappa shape index (κ2) is 6.26. The van der Waals surface area contributed by atoms with Crippen LogP contribution in [0.5, 0.6) is 0 Å². The van der Waals surface area contributed by atoms with Gasteiger partial charge in [0.1, 0.15) is 0 Å². The summed E-state index contributed by atoms with van der Waals surface area (Å²) >= 11 is 11.9. The van der Waals surface area contributed by atoms with Crippen LogP contribution in [0.2, 0.25) is 10.0 Å². The molecule has 0 saturated carbocycles. The molecule has 1 atom stereocenters. The van der Waals surface area contributed by atoms with Crippen molar-refractivity contribution in [3.63, 3.8) is 0 Å². The van der Waals surface area contributed by atoms with Gasteiger partial charge in [0.15, 0.2) is 0 Å². The molecule has 0 amide bonds. The van der Waals surface area contributed by atoms with Crippen molar-refractivity contribution in [1.29, 1.82) is 0 Å². The van der Waals surface area contributed by atoms with Crippen molar-refractivity contribution in [2.45, 2.75) is 25.8 Å². The highest BCUT2D eigenvalue weighted by atomic mass is 35.5. The normalized spacial score (nSPS) is 12.5. The Kier molecular flexibility index (Phi) is 5.29. The van der Waals surface area contributed by atoms with Crippen LogP contribution in [0.3, 0.4) is 0 Å². The standard InChI is InChI=1S/C12H16Cl2N2/c1-8(2)3-4-12(16-15)9-5-10(13)7-11(14)6-9/h5-7,12,16H,1,3-4,15H2,2H3. The lowest BCUT2D eigenvalue weighted by atomic mass is 10.0. The van der Waals surface area contributed by atoms with Gasteiger partial charge in [-0.1, -0.05) is 28.8 Å². The molecule has 0 spiro atoms. The van der Waals surface area contributed by atoms with Gasteiger partial charge in [0.2, 0.25) is 0 Å². The van der Waals surface area contributed by atoms with Crippen molar-refractivity contribution >= 4 is 23.2 Å². The molecule has 0 aliphatic heterocycles. The first-order valence-corrected chi connectivity index (χ1v) is 5.85. The van der Waals surface area contributed by atoms with E-state index < -0.39 is 0 Å². The number of allylic oxidation sites excluding steroid dienone is 1. The first kappa shape index (κ1) is 13.5. The van der Waals surface area contributed by atoms with Gasteiger partial charge < -0.3 is 0 Å². The average molecular weight is 259 g/mol. The smallest absolute Gasteiger partial charge is 0.0464 e. The lowest BCUT2D eigenvalue weighted by Gasteiger charge is -2.17. The fourth-order valence-electron chi connectivity index (χ4n) is 1.51. The zero-order chi connectivity index (χ0) is 12.1. The molecule has 0 bridgehead atoms. The van der Waals surface area contributed by atoms with Gasteiger partial charge in [-0.05, 0) is 43.5 Å². The molecule has 1 unspecified atom stereocenters. The Bertz CT molecular complexity index is 357. The number of halogens is 2. The first-order chi connectivity index (χ1) is 7.52. The van der Waals surface area contributed by atoms with Crippen LogP contribution in [0, 0.1) is 0 Å². The van der Waals surface area contributed by atoms with Gasteiger partial charge in [0, 0.05) is 16.1 Å². The van der Waals surface area contributed by atoms with Gasteiger partial charge in [-0.15, -0.1) is 6.58 Å². The summed E-state index contributed by atoms with van der Waals surface area (Å²) in [6, 6.07) is 5.50. The van der Waals surface area contributed by atoms with Gasteiger partial charge in [-0.3, -0.25) is 11.3 Å². The molecular formula is C12H16Cl2N2. The Hall–Kier alpha value is -0.540. The summed E-state index contributed by atoms with van der Waals surface area (Å²) in [5.41, 5.74) is 4.90. The third-order valence-electron chi connectivity index (χ3n) is 2.35. The maximum absolute atomic E-state index is 5.94. The van der Waals surface area contributed by atoms with E-state index in [1.807, 2.05) is 19.1 Å². The van der Waals surface area contributed by atoms with E-state index in [1.54, 1.807) is 6.07 Å². The third-order valence-corrected chi connectivity index (χ3v) is 2.78. The number of benzene rings is 1. The second-order valence-electron chi connectivity index (χ2n) is 3.92. The van der Waals surface area contributed by atoms with Crippen LogP contribution >= 0.6 is 23.2 Å². The van der Waals surface area contributed by atoms with Gasteiger partial charge >= 0.3 is 0 Å². The Balaban J connectivity index is 2.81. The SMILES string of the molecule is C=C(C)CCC(NN)c1cc(Cl)cc(Cl)c1. The van der Waals surface area contributed by atoms with E-state index >= 15 is 0 Å². The van der Waals surface area contributed by atoms with E-state index in [4.69, 9.17) is 29.0 Å². The van der Waals surface area contributed by atoms with E-state index in [9.17, 15) is 0 Å². The lowest BCUT2D eigenvalue weighted by molar-refractivity contribution is 0.516. The minimum absolute atomic E-state index is 0.0490. The fraction of sp³-hybridized carbons (Fsp3) is 0.333. The topological polar surface area (TPSA) is 38.0 Å². The Labute approximate surface area is 106 Å². The van der Waals surface area contributed by atoms with Gasteiger partial charge in [-0.2, -0.15) is 0 Å².